The SMILES string of the molecule is Cc1cc(C)c2c(C(=O)NC[C@H]3CCN(C)C3)cc(C)nc2c1. The van der Waals surface area contributed by atoms with Gasteiger partial charge in [0.2, 0.25) is 0 Å². The molecule has 0 saturated carbocycles. The molecule has 1 aliphatic rings. The van der Waals surface area contributed by atoms with Crippen molar-refractivity contribution in [2.24, 2.45) is 5.92 Å². The van der Waals surface area contributed by atoms with Crippen LogP contribution < -0.4 is 5.32 Å². The number of nitrogens with one attached hydrogen (secondary N) is 1. The van der Waals surface area contributed by atoms with Gasteiger partial charge in [0.05, 0.1) is 11.1 Å². The molecule has 1 saturated heterocycles. The second-order valence-corrected chi connectivity index (χ2v) is 6.91. The summed E-state index contributed by atoms with van der Waals surface area (Å²) < 4.78 is 0. The number of fused-ring (bicyclic) bond motifs is 1. The molecule has 1 aliphatic heterocycles. The first-order chi connectivity index (χ1) is 10.9. The van der Waals surface area contributed by atoms with Crippen molar-refractivity contribution in [3.63, 3.8) is 0 Å². The lowest BCUT2D eigenvalue weighted by molar-refractivity contribution is 0.0949. The first kappa shape index (κ1) is 15.9. The first-order valence-electron chi connectivity index (χ1n) is 8.29. The number of aryl methyl sites for hydroxylation is 3. The fourth-order valence-electron chi connectivity index (χ4n) is 3.59. The number of pyridine rings is 1. The topological polar surface area (TPSA) is 45.2 Å². The van der Waals surface area contributed by atoms with Crippen molar-refractivity contribution in [2.45, 2.75) is 27.2 Å². The number of amides is 1. The second kappa shape index (κ2) is 6.28. The number of carbonyl (C=O) groups excluding carboxylic acids is 1. The molecule has 4 nitrogen and oxygen atoms in total. The van der Waals surface area contributed by atoms with E-state index >= 15 is 0 Å². The Hall–Kier alpha value is -1.94. The van der Waals surface area contributed by atoms with Crippen LogP contribution in [0.5, 0.6) is 0 Å². The van der Waals surface area contributed by atoms with Gasteiger partial charge in [-0.15, -0.1) is 0 Å². The van der Waals surface area contributed by atoms with E-state index in [2.05, 4.69) is 48.2 Å². The minimum Gasteiger partial charge on any atom is -0.352 e. The molecule has 0 aliphatic carbocycles. The molecule has 0 unspecified atom stereocenters. The van der Waals surface area contributed by atoms with Gasteiger partial charge in [-0.2, -0.15) is 0 Å². The molecule has 2 heterocycles. The number of aromatic nitrogens is 1. The van der Waals surface area contributed by atoms with E-state index < -0.39 is 0 Å². The molecule has 4 heteroatoms. The molecule has 1 fully saturated rings. The van der Waals surface area contributed by atoms with Crippen molar-refractivity contribution < 1.29 is 4.79 Å². The number of benzene rings is 1. The van der Waals surface area contributed by atoms with Crippen LogP contribution in [0, 0.1) is 26.7 Å². The molecule has 0 radical (unpaired) electrons. The van der Waals surface area contributed by atoms with Crippen LogP contribution >= 0.6 is 0 Å². The number of rotatable bonds is 3. The number of likely N-dealkylation sites (tertiary alicyclic amines) is 1. The van der Waals surface area contributed by atoms with Gasteiger partial charge in [0, 0.05) is 24.2 Å². The summed E-state index contributed by atoms with van der Waals surface area (Å²) in [6.07, 6.45) is 1.16. The molecule has 1 amide bonds. The van der Waals surface area contributed by atoms with Crippen LogP contribution in [0.2, 0.25) is 0 Å². The average Bonchev–Trinajstić information content (AvgIpc) is 2.88. The van der Waals surface area contributed by atoms with E-state index in [0.29, 0.717) is 5.92 Å². The van der Waals surface area contributed by atoms with Gasteiger partial charge < -0.3 is 10.2 Å². The summed E-state index contributed by atoms with van der Waals surface area (Å²) in [6, 6.07) is 6.07. The van der Waals surface area contributed by atoms with Crippen molar-refractivity contribution in [3.05, 3.63) is 40.6 Å². The third kappa shape index (κ3) is 3.37. The Balaban J connectivity index is 1.87. The third-order valence-corrected chi connectivity index (χ3v) is 4.66. The summed E-state index contributed by atoms with van der Waals surface area (Å²) >= 11 is 0. The van der Waals surface area contributed by atoms with Crippen molar-refractivity contribution in [1.29, 1.82) is 0 Å². The quantitative estimate of drug-likeness (QED) is 0.948. The van der Waals surface area contributed by atoms with Crippen molar-refractivity contribution >= 4 is 16.8 Å². The zero-order valence-electron chi connectivity index (χ0n) is 14.4. The number of hydrogen-bond acceptors (Lipinski definition) is 3. The van der Waals surface area contributed by atoms with Crippen LogP contribution in [-0.4, -0.2) is 42.5 Å². The Kier molecular flexibility index (Phi) is 4.35. The predicted octanol–water partition coefficient (Wildman–Crippen LogP) is 2.84. The fraction of sp³-hybridized carbons (Fsp3) is 0.474. The lowest BCUT2D eigenvalue weighted by Gasteiger charge is -2.14. The molecule has 0 bridgehead atoms. The normalized spacial score (nSPS) is 18.5. The Morgan fingerprint density at radius 1 is 1.30 bits per heavy atom. The maximum Gasteiger partial charge on any atom is 0.252 e. The molecular weight excluding hydrogens is 286 g/mol. The van der Waals surface area contributed by atoms with E-state index in [0.717, 1.165) is 53.8 Å². The predicted molar refractivity (Wildman–Crippen MR) is 93.9 cm³/mol. The highest BCUT2D eigenvalue weighted by Crippen LogP contribution is 2.24. The minimum atomic E-state index is 0.0157. The van der Waals surface area contributed by atoms with Gasteiger partial charge in [0.1, 0.15) is 0 Å². The molecule has 1 atom stereocenters. The Morgan fingerprint density at radius 3 is 2.78 bits per heavy atom. The summed E-state index contributed by atoms with van der Waals surface area (Å²) in [6.45, 7) is 8.99. The Morgan fingerprint density at radius 2 is 2.09 bits per heavy atom. The number of hydrogen-bond donors (Lipinski definition) is 1. The van der Waals surface area contributed by atoms with E-state index in [-0.39, 0.29) is 5.91 Å². The zero-order chi connectivity index (χ0) is 16.6. The highest BCUT2D eigenvalue weighted by atomic mass is 16.1. The maximum atomic E-state index is 12.7. The maximum absolute atomic E-state index is 12.7. The minimum absolute atomic E-state index is 0.0157. The highest BCUT2D eigenvalue weighted by Gasteiger charge is 2.21. The van der Waals surface area contributed by atoms with E-state index in [1.54, 1.807) is 0 Å². The molecule has 3 rings (SSSR count). The summed E-state index contributed by atoms with van der Waals surface area (Å²) in [7, 11) is 2.13. The van der Waals surface area contributed by atoms with E-state index in [9.17, 15) is 4.79 Å². The van der Waals surface area contributed by atoms with Gasteiger partial charge in [-0.05, 0) is 70.0 Å². The summed E-state index contributed by atoms with van der Waals surface area (Å²) in [5.74, 6) is 0.573. The summed E-state index contributed by atoms with van der Waals surface area (Å²) in [4.78, 5) is 19.7. The smallest absolute Gasteiger partial charge is 0.252 e. The average molecular weight is 311 g/mol. The van der Waals surface area contributed by atoms with E-state index in [1.165, 1.54) is 5.56 Å². The zero-order valence-corrected chi connectivity index (χ0v) is 14.4. The summed E-state index contributed by atoms with van der Waals surface area (Å²) in [5, 5.41) is 4.10. The lowest BCUT2D eigenvalue weighted by atomic mass is 10.00. The first-order valence-corrected chi connectivity index (χ1v) is 8.29. The van der Waals surface area contributed by atoms with Crippen LogP contribution in [0.1, 0.15) is 33.6 Å². The third-order valence-electron chi connectivity index (χ3n) is 4.66. The molecule has 1 N–H and O–H groups in total. The van der Waals surface area contributed by atoms with Crippen LogP contribution in [-0.2, 0) is 0 Å². The highest BCUT2D eigenvalue weighted by molar-refractivity contribution is 6.07. The van der Waals surface area contributed by atoms with Crippen molar-refractivity contribution in [1.82, 2.24) is 15.2 Å². The van der Waals surface area contributed by atoms with Crippen molar-refractivity contribution in [2.75, 3.05) is 26.7 Å². The van der Waals surface area contributed by atoms with Gasteiger partial charge >= 0.3 is 0 Å². The van der Waals surface area contributed by atoms with E-state index in [1.807, 2.05) is 13.0 Å². The van der Waals surface area contributed by atoms with E-state index in [4.69, 9.17) is 0 Å². The van der Waals surface area contributed by atoms with Crippen LogP contribution in [0.3, 0.4) is 0 Å². The second-order valence-electron chi connectivity index (χ2n) is 6.91. The van der Waals surface area contributed by atoms with Gasteiger partial charge in [-0.3, -0.25) is 9.78 Å². The Labute approximate surface area is 137 Å². The Bertz CT molecular complexity index is 749. The largest absolute Gasteiger partial charge is 0.352 e. The van der Waals surface area contributed by atoms with Crippen molar-refractivity contribution in [3.8, 4) is 0 Å². The standard InChI is InChI=1S/C19H25N3O/c1-12-7-13(2)18-16(9-14(3)21-17(18)8-12)19(23)20-10-15-5-6-22(4)11-15/h7-9,15H,5-6,10-11H2,1-4H3,(H,20,23)/t15-/m1/s1. The van der Waals surface area contributed by atoms with Gasteiger partial charge in [0.25, 0.3) is 5.91 Å². The molecule has 122 valence electrons. The molecule has 2 aromatic rings. The van der Waals surface area contributed by atoms with Crippen LogP contribution in [0.25, 0.3) is 10.9 Å². The monoisotopic (exact) mass is 311 g/mol. The van der Waals surface area contributed by atoms with Gasteiger partial charge in [0.15, 0.2) is 0 Å². The van der Waals surface area contributed by atoms with Crippen LogP contribution in [0.4, 0.5) is 0 Å². The van der Waals surface area contributed by atoms with Gasteiger partial charge in [-0.25, -0.2) is 0 Å². The van der Waals surface area contributed by atoms with Crippen LogP contribution in [0.15, 0.2) is 18.2 Å². The molecule has 1 aromatic carbocycles. The van der Waals surface area contributed by atoms with Gasteiger partial charge in [-0.1, -0.05) is 6.07 Å². The molecule has 23 heavy (non-hydrogen) atoms. The lowest BCUT2D eigenvalue weighted by Crippen LogP contribution is -2.30. The number of carbonyl (C=O) groups is 1. The molecule has 0 spiro atoms. The molecule has 1 aromatic heterocycles. The summed E-state index contributed by atoms with van der Waals surface area (Å²) in [5.41, 5.74) is 4.82. The number of nitrogens with zero attached hydrogens (tertiary/aromatic N) is 2. The molecular formula is C19H25N3O. The fourth-order valence-corrected chi connectivity index (χ4v) is 3.59.